The van der Waals surface area contributed by atoms with Gasteiger partial charge in [0.1, 0.15) is 0 Å². The molecule has 2 heterocycles. The van der Waals surface area contributed by atoms with Crippen LogP contribution in [0.4, 0.5) is 0 Å². The summed E-state index contributed by atoms with van der Waals surface area (Å²) < 4.78 is 10.6. The molecule has 0 amide bonds. The number of aromatic amines is 1. The summed E-state index contributed by atoms with van der Waals surface area (Å²) in [7, 11) is 0. The summed E-state index contributed by atoms with van der Waals surface area (Å²) in [5.41, 5.74) is 0.738. The van der Waals surface area contributed by atoms with Crippen LogP contribution in [0, 0.1) is 4.84 Å². The van der Waals surface area contributed by atoms with Crippen molar-refractivity contribution in [3.05, 3.63) is 21.8 Å². The molecule has 0 aliphatic heterocycles. The van der Waals surface area contributed by atoms with Crippen LogP contribution >= 0.6 is 28.1 Å². The Kier molecular flexibility index (Phi) is 1.86. The van der Waals surface area contributed by atoms with Crippen LogP contribution in [0.5, 0.6) is 0 Å². The van der Waals surface area contributed by atoms with E-state index in [0.29, 0.717) is 10.6 Å². The third-order valence-electron chi connectivity index (χ3n) is 1.29. The van der Waals surface area contributed by atoms with E-state index >= 15 is 0 Å². The highest BCUT2D eigenvalue weighted by Crippen LogP contribution is 2.27. The molecule has 0 fully saturated rings. The lowest BCUT2D eigenvalue weighted by Gasteiger charge is -1.85. The Balaban J connectivity index is 2.57. The molecule has 4 nitrogen and oxygen atoms in total. The zero-order valence-electron chi connectivity index (χ0n) is 5.70. The Hall–Kier alpha value is -0.880. The lowest BCUT2D eigenvalue weighted by Crippen LogP contribution is -1.73. The number of furan rings is 1. The largest absolute Gasteiger partial charge is 0.457 e. The summed E-state index contributed by atoms with van der Waals surface area (Å²) in [6.45, 7) is 0. The van der Waals surface area contributed by atoms with Gasteiger partial charge in [-0.2, -0.15) is 0 Å². The molecule has 2 aromatic heterocycles. The quantitative estimate of drug-likeness (QED) is 0.787. The molecule has 0 saturated heterocycles. The average molecular weight is 247 g/mol. The first-order valence-electron chi connectivity index (χ1n) is 3.06. The number of nitrogens with one attached hydrogen (secondary N) is 1. The van der Waals surface area contributed by atoms with Gasteiger partial charge in [0.2, 0.25) is 0 Å². The first-order valence-corrected chi connectivity index (χ1v) is 4.26. The highest BCUT2D eigenvalue weighted by Gasteiger charge is 2.10. The van der Waals surface area contributed by atoms with Crippen molar-refractivity contribution in [2.75, 3.05) is 0 Å². The van der Waals surface area contributed by atoms with Crippen LogP contribution in [0.15, 0.2) is 25.8 Å². The molecule has 0 aliphatic rings. The topological polar surface area (TPSA) is 55.0 Å². The van der Waals surface area contributed by atoms with E-state index in [-0.39, 0.29) is 4.84 Å². The highest BCUT2D eigenvalue weighted by molar-refractivity contribution is 9.10. The number of hydrogen-bond donors (Lipinski definition) is 1. The van der Waals surface area contributed by atoms with Gasteiger partial charge in [-0.25, -0.2) is 5.10 Å². The molecule has 0 radical (unpaired) electrons. The van der Waals surface area contributed by atoms with Gasteiger partial charge in [-0.05, 0) is 34.2 Å². The third-order valence-corrected chi connectivity index (χ3v) is 2.08. The van der Waals surface area contributed by atoms with Gasteiger partial charge in [-0.1, -0.05) is 0 Å². The zero-order chi connectivity index (χ0) is 8.55. The molecule has 62 valence electrons. The van der Waals surface area contributed by atoms with Gasteiger partial charge in [0.05, 0.1) is 11.8 Å². The molecular formula is C6H3BrN2O2S. The van der Waals surface area contributed by atoms with Crippen LogP contribution in [0.2, 0.25) is 0 Å². The summed E-state index contributed by atoms with van der Waals surface area (Å²) in [5, 5.41) is 6.35. The summed E-state index contributed by atoms with van der Waals surface area (Å²) >= 11 is 7.92. The molecule has 0 spiro atoms. The van der Waals surface area contributed by atoms with E-state index in [9.17, 15) is 0 Å². The Morgan fingerprint density at radius 3 is 2.92 bits per heavy atom. The fourth-order valence-corrected chi connectivity index (χ4v) is 1.33. The van der Waals surface area contributed by atoms with Crippen molar-refractivity contribution in [3.63, 3.8) is 0 Å². The molecule has 0 saturated carbocycles. The molecule has 2 rings (SSSR count). The van der Waals surface area contributed by atoms with Gasteiger partial charge in [0.15, 0.2) is 4.67 Å². The maximum absolute atomic E-state index is 5.07. The van der Waals surface area contributed by atoms with E-state index in [0.717, 1.165) is 5.56 Å². The summed E-state index contributed by atoms with van der Waals surface area (Å²) in [5.74, 6) is 0.417. The predicted molar refractivity (Wildman–Crippen MR) is 47.1 cm³/mol. The second-order valence-electron chi connectivity index (χ2n) is 2.03. The molecule has 0 aromatic carbocycles. The van der Waals surface area contributed by atoms with Gasteiger partial charge < -0.3 is 8.83 Å². The van der Waals surface area contributed by atoms with E-state index in [4.69, 9.17) is 21.1 Å². The Morgan fingerprint density at radius 1 is 1.58 bits per heavy atom. The van der Waals surface area contributed by atoms with Crippen molar-refractivity contribution < 1.29 is 8.83 Å². The standard InChI is InChI=1S/C6H3BrN2O2S/c7-4-3(1-2-10-4)5-8-9-6(12)11-5/h1-2H,(H,9,12). The van der Waals surface area contributed by atoms with Crippen LogP contribution in [0.1, 0.15) is 0 Å². The lowest BCUT2D eigenvalue weighted by atomic mass is 10.3. The van der Waals surface area contributed by atoms with Crippen molar-refractivity contribution >= 4 is 28.1 Å². The molecule has 0 aliphatic carbocycles. The highest BCUT2D eigenvalue weighted by atomic mass is 79.9. The van der Waals surface area contributed by atoms with Gasteiger partial charge >= 0.3 is 0 Å². The third kappa shape index (κ3) is 1.23. The normalized spacial score (nSPS) is 10.4. The van der Waals surface area contributed by atoms with E-state index in [1.807, 2.05) is 0 Å². The minimum absolute atomic E-state index is 0.248. The molecular weight excluding hydrogens is 244 g/mol. The number of nitrogens with zero attached hydrogens (tertiary/aromatic N) is 1. The molecule has 1 N–H and O–H groups in total. The van der Waals surface area contributed by atoms with Crippen LogP contribution in [-0.2, 0) is 0 Å². The Labute approximate surface area is 80.7 Å². The van der Waals surface area contributed by atoms with E-state index in [2.05, 4.69) is 26.1 Å². The Bertz CT molecular complexity index is 444. The molecule has 6 heteroatoms. The maximum atomic E-state index is 5.07. The average Bonchev–Trinajstić information content (AvgIpc) is 2.58. The first kappa shape index (κ1) is 7.75. The van der Waals surface area contributed by atoms with Gasteiger partial charge in [0.25, 0.3) is 10.7 Å². The second-order valence-corrected chi connectivity index (χ2v) is 3.12. The van der Waals surface area contributed by atoms with E-state index in [1.54, 1.807) is 6.07 Å². The molecule has 0 bridgehead atoms. The van der Waals surface area contributed by atoms with Gasteiger partial charge in [0, 0.05) is 0 Å². The fraction of sp³-hybridized carbons (Fsp3) is 0. The smallest absolute Gasteiger partial charge is 0.284 e. The van der Waals surface area contributed by atoms with Gasteiger partial charge in [-0.15, -0.1) is 5.10 Å². The minimum atomic E-state index is 0.248. The van der Waals surface area contributed by atoms with Crippen molar-refractivity contribution in [1.82, 2.24) is 10.2 Å². The summed E-state index contributed by atoms with van der Waals surface area (Å²) in [6, 6.07) is 1.73. The molecule has 0 atom stereocenters. The zero-order valence-corrected chi connectivity index (χ0v) is 8.11. The number of H-pyrrole nitrogens is 1. The molecule has 2 aromatic rings. The van der Waals surface area contributed by atoms with Crippen LogP contribution < -0.4 is 0 Å². The summed E-state index contributed by atoms with van der Waals surface area (Å²) in [4.78, 5) is 0.248. The van der Waals surface area contributed by atoms with E-state index in [1.165, 1.54) is 6.26 Å². The summed E-state index contributed by atoms with van der Waals surface area (Å²) in [6.07, 6.45) is 1.53. The number of halogens is 1. The number of rotatable bonds is 1. The van der Waals surface area contributed by atoms with E-state index < -0.39 is 0 Å². The van der Waals surface area contributed by atoms with Crippen LogP contribution in [-0.4, -0.2) is 10.2 Å². The maximum Gasteiger partial charge on any atom is 0.284 e. The van der Waals surface area contributed by atoms with Crippen LogP contribution in [0.25, 0.3) is 11.5 Å². The molecule has 12 heavy (non-hydrogen) atoms. The second kappa shape index (κ2) is 2.87. The Morgan fingerprint density at radius 2 is 2.42 bits per heavy atom. The minimum Gasteiger partial charge on any atom is -0.457 e. The monoisotopic (exact) mass is 246 g/mol. The van der Waals surface area contributed by atoms with Crippen molar-refractivity contribution in [2.45, 2.75) is 0 Å². The fourth-order valence-electron chi connectivity index (χ4n) is 0.791. The van der Waals surface area contributed by atoms with Crippen molar-refractivity contribution in [1.29, 1.82) is 0 Å². The van der Waals surface area contributed by atoms with Crippen molar-refractivity contribution in [3.8, 4) is 11.5 Å². The lowest BCUT2D eigenvalue weighted by molar-refractivity contribution is 0.531. The number of aromatic nitrogens is 2. The molecule has 0 unspecified atom stereocenters. The van der Waals surface area contributed by atoms with Gasteiger partial charge in [-0.3, -0.25) is 0 Å². The van der Waals surface area contributed by atoms with Crippen LogP contribution in [0.3, 0.4) is 0 Å². The number of hydrogen-bond acceptors (Lipinski definition) is 4. The predicted octanol–water partition coefficient (Wildman–Crippen LogP) is 2.75. The van der Waals surface area contributed by atoms with Crippen molar-refractivity contribution in [2.24, 2.45) is 0 Å². The first-order chi connectivity index (χ1) is 5.77. The SMILES string of the molecule is S=c1[nH]nc(-c2ccoc2Br)o1.